The van der Waals surface area contributed by atoms with Crippen LogP contribution in [0.2, 0.25) is 0 Å². The molecule has 0 spiro atoms. The minimum absolute atomic E-state index is 0.602. The first kappa shape index (κ1) is 11.5. The zero-order valence-corrected chi connectivity index (χ0v) is 10.7. The third kappa shape index (κ3) is 2.06. The highest BCUT2D eigenvalue weighted by Crippen LogP contribution is 2.19. The van der Waals surface area contributed by atoms with Crippen molar-refractivity contribution >= 4 is 11.3 Å². The van der Waals surface area contributed by atoms with Crippen molar-refractivity contribution in [1.82, 2.24) is 19.5 Å². The minimum Gasteiger partial charge on any atom is -0.399 e. The van der Waals surface area contributed by atoms with Gasteiger partial charge in [0.25, 0.3) is 0 Å². The SMILES string of the molecule is CCN1CCCC1Cc1nc2cc(N)ccn2n1. The number of likely N-dealkylation sites (N-methyl/N-ethyl adjacent to an activating group) is 1. The van der Waals surface area contributed by atoms with E-state index < -0.39 is 0 Å². The molecule has 0 bridgehead atoms. The Morgan fingerprint density at radius 1 is 1.50 bits per heavy atom. The van der Waals surface area contributed by atoms with Gasteiger partial charge >= 0.3 is 0 Å². The molecular formula is C13H19N5. The molecule has 5 nitrogen and oxygen atoms in total. The quantitative estimate of drug-likeness (QED) is 0.886. The van der Waals surface area contributed by atoms with Gasteiger partial charge in [-0.05, 0) is 32.0 Å². The summed E-state index contributed by atoms with van der Waals surface area (Å²) in [6.45, 7) is 4.54. The Kier molecular flexibility index (Phi) is 2.91. The Bertz CT molecular complexity index is 547. The summed E-state index contributed by atoms with van der Waals surface area (Å²) in [4.78, 5) is 7.06. The fourth-order valence-corrected chi connectivity index (χ4v) is 2.78. The fraction of sp³-hybridized carbons (Fsp3) is 0.538. The van der Waals surface area contributed by atoms with E-state index >= 15 is 0 Å². The van der Waals surface area contributed by atoms with E-state index in [9.17, 15) is 0 Å². The van der Waals surface area contributed by atoms with E-state index in [2.05, 4.69) is 21.9 Å². The molecule has 2 aromatic heterocycles. The molecule has 2 aromatic rings. The molecule has 3 heterocycles. The van der Waals surface area contributed by atoms with Crippen LogP contribution >= 0.6 is 0 Å². The van der Waals surface area contributed by atoms with Crippen molar-refractivity contribution in [3.63, 3.8) is 0 Å². The Morgan fingerprint density at radius 3 is 3.22 bits per heavy atom. The lowest BCUT2D eigenvalue weighted by molar-refractivity contribution is 0.263. The molecule has 18 heavy (non-hydrogen) atoms. The van der Waals surface area contributed by atoms with E-state index in [1.54, 1.807) is 4.52 Å². The van der Waals surface area contributed by atoms with Gasteiger partial charge in [-0.15, -0.1) is 0 Å². The Labute approximate surface area is 107 Å². The topological polar surface area (TPSA) is 59.5 Å². The van der Waals surface area contributed by atoms with Crippen LogP contribution in [0.15, 0.2) is 18.3 Å². The second-order valence-corrected chi connectivity index (χ2v) is 4.92. The summed E-state index contributed by atoms with van der Waals surface area (Å²) < 4.78 is 1.80. The molecular weight excluding hydrogens is 226 g/mol. The summed E-state index contributed by atoms with van der Waals surface area (Å²) >= 11 is 0. The van der Waals surface area contributed by atoms with Gasteiger partial charge in [-0.25, -0.2) is 9.50 Å². The van der Waals surface area contributed by atoms with Crippen LogP contribution in [0.25, 0.3) is 5.65 Å². The predicted molar refractivity (Wildman–Crippen MR) is 71.4 cm³/mol. The molecule has 1 atom stereocenters. The Morgan fingerprint density at radius 2 is 2.39 bits per heavy atom. The van der Waals surface area contributed by atoms with Crippen LogP contribution in [0.3, 0.4) is 0 Å². The third-order valence-corrected chi connectivity index (χ3v) is 3.73. The van der Waals surface area contributed by atoms with Gasteiger partial charge in [0.15, 0.2) is 11.5 Å². The first-order valence-electron chi connectivity index (χ1n) is 6.61. The molecule has 1 saturated heterocycles. The summed E-state index contributed by atoms with van der Waals surface area (Å²) in [5.41, 5.74) is 7.32. The lowest BCUT2D eigenvalue weighted by Crippen LogP contribution is -2.31. The lowest BCUT2D eigenvalue weighted by Gasteiger charge is -2.21. The monoisotopic (exact) mass is 245 g/mol. The Balaban J connectivity index is 1.82. The van der Waals surface area contributed by atoms with Crippen molar-refractivity contribution in [1.29, 1.82) is 0 Å². The van der Waals surface area contributed by atoms with Gasteiger partial charge in [0.1, 0.15) is 0 Å². The lowest BCUT2D eigenvalue weighted by atomic mass is 10.1. The maximum absolute atomic E-state index is 5.75. The number of hydrogen-bond acceptors (Lipinski definition) is 4. The summed E-state index contributed by atoms with van der Waals surface area (Å²) in [6.07, 6.45) is 5.35. The molecule has 1 aliphatic heterocycles. The van der Waals surface area contributed by atoms with Gasteiger partial charge in [0, 0.05) is 30.4 Å². The van der Waals surface area contributed by atoms with Crippen LogP contribution in [-0.4, -0.2) is 38.6 Å². The van der Waals surface area contributed by atoms with E-state index in [0.717, 1.165) is 30.1 Å². The molecule has 0 saturated carbocycles. The van der Waals surface area contributed by atoms with Crippen molar-refractivity contribution in [2.75, 3.05) is 18.8 Å². The first-order valence-corrected chi connectivity index (χ1v) is 6.61. The predicted octanol–water partition coefficient (Wildman–Crippen LogP) is 1.34. The number of rotatable bonds is 3. The molecule has 2 N–H and O–H groups in total. The maximum Gasteiger partial charge on any atom is 0.157 e. The van der Waals surface area contributed by atoms with Gasteiger partial charge < -0.3 is 10.6 Å². The summed E-state index contributed by atoms with van der Waals surface area (Å²) in [5.74, 6) is 0.922. The maximum atomic E-state index is 5.75. The molecule has 3 rings (SSSR count). The third-order valence-electron chi connectivity index (χ3n) is 3.73. The van der Waals surface area contributed by atoms with Crippen LogP contribution in [0.5, 0.6) is 0 Å². The number of fused-ring (bicyclic) bond motifs is 1. The fourth-order valence-electron chi connectivity index (χ4n) is 2.78. The number of nitrogens with two attached hydrogens (primary N) is 1. The van der Waals surface area contributed by atoms with Gasteiger partial charge in [-0.3, -0.25) is 0 Å². The van der Waals surface area contributed by atoms with E-state index in [4.69, 9.17) is 5.73 Å². The average molecular weight is 245 g/mol. The molecule has 0 radical (unpaired) electrons. The largest absolute Gasteiger partial charge is 0.399 e. The van der Waals surface area contributed by atoms with Crippen LogP contribution in [-0.2, 0) is 6.42 Å². The molecule has 1 unspecified atom stereocenters. The standard InChI is InChI=1S/C13H19N5/c1-2-17-6-3-4-11(17)9-12-15-13-8-10(14)5-7-18(13)16-12/h5,7-8,11H,2-4,6,9,14H2,1H3. The number of hydrogen-bond donors (Lipinski definition) is 1. The van der Waals surface area contributed by atoms with Crippen molar-refractivity contribution in [3.05, 3.63) is 24.2 Å². The van der Waals surface area contributed by atoms with Crippen LogP contribution in [0.4, 0.5) is 5.69 Å². The van der Waals surface area contributed by atoms with E-state index in [-0.39, 0.29) is 0 Å². The van der Waals surface area contributed by atoms with Gasteiger partial charge in [-0.1, -0.05) is 6.92 Å². The smallest absolute Gasteiger partial charge is 0.157 e. The molecule has 0 aliphatic carbocycles. The molecule has 96 valence electrons. The van der Waals surface area contributed by atoms with Crippen LogP contribution in [0.1, 0.15) is 25.6 Å². The van der Waals surface area contributed by atoms with Crippen LogP contribution in [0, 0.1) is 0 Å². The second kappa shape index (κ2) is 4.57. The number of likely N-dealkylation sites (tertiary alicyclic amines) is 1. The zero-order chi connectivity index (χ0) is 12.5. The van der Waals surface area contributed by atoms with Crippen molar-refractivity contribution in [2.24, 2.45) is 0 Å². The second-order valence-electron chi connectivity index (χ2n) is 4.92. The number of nitrogens with zero attached hydrogens (tertiary/aromatic N) is 4. The van der Waals surface area contributed by atoms with Crippen molar-refractivity contribution in [3.8, 4) is 0 Å². The molecule has 0 amide bonds. The average Bonchev–Trinajstić information content (AvgIpc) is 2.94. The van der Waals surface area contributed by atoms with Crippen molar-refractivity contribution in [2.45, 2.75) is 32.2 Å². The van der Waals surface area contributed by atoms with E-state index in [0.29, 0.717) is 6.04 Å². The Hall–Kier alpha value is -1.62. The molecule has 5 heteroatoms. The summed E-state index contributed by atoms with van der Waals surface area (Å²) in [5, 5.41) is 4.51. The highest BCUT2D eigenvalue weighted by molar-refractivity contribution is 5.50. The number of anilines is 1. The first-order chi connectivity index (χ1) is 8.76. The molecule has 0 aromatic carbocycles. The summed E-state index contributed by atoms with van der Waals surface area (Å²) in [6, 6.07) is 4.31. The molecule has 1 aliphatic rings. The van der Waals surface area contributed by atoms with E-state index in [1.807, 2.05) is 18.3 Å². The van der Waals surface area contributed by atoms with Gasteiger partial charge in [-0.2, -0.15) is 5.10 Å². The number of nitrogen functional groups attached to an aromatic ring is 1. The summed E-state index contributed by atoms with van der Waals surface area (Å²) in [7, 11) is 0. The number of aromatic nitrogens is 3. The normalized spacial score (nSPS) is 20.8. The van der Waals surface area contributed by atoms with E-state index in [1.165, 1.54) is 19.4 Å². The van der Waals surface area contributed by atoms with Crippen LogP contribution < -0.4 is 5.73 Å². The minimum atomic E-state index is 0.602. The highest BCUT2D eigenvalue weighted by Gasteiger charge is 2.24. The number of pyridine rings is 1. The van der Waals surface area contributed by atoms with Gasteiger partial charge in [0.05, 0.1) is 0 Å². The molecule has 1 fully saturated rings. The van der Waals surface area contributed by atoms with Gasteiger partial charge in [0.2, 0.25) is 0 Å². The highest BCUT2D eigenvalue weighted by atomic mass is 15.3. The van der Waals surface area contributed by atoms with Crippen molar-refractivity contribution < 1.29 is 0 Å². The zero-order valence-electron chi connectivity index (χ0n) is 10.7.